The van der Waals surface area contributed by atoms with E-state index in [0.717, 1.165) is 24.4 Å². The normalized spacial score (nSPS) is 12.6. The zero-order valence-electron chi connectivity index (χ0n) is 11.2. The number of hydrogen-bond acceptors (Lipinski definition) is 3. The SMILES string of the molecule is CCn1nccc1CNCC(O)c1c(F)cccc1F. The standard InChI is InChI=1S/C14H17F2N3O/c1-2-19-10(6-7-18-19)8-17-9-13(20)14-11(15)4-3-5-12(14)16/h3-7,13,17,20H,2,8-9H2,1H3. The van der Waals surface area contributed by atoms with Crippen LogP contribution in [-0.2, 0) is 13.1 Å². The van der Waals surface area contributed by atoms with Crippen LogP contribution >= 0.6 is 0 Å². The monoisotopic (exact) mass is 281 g/mol. The first-order valence-corrected chi connectivity index (χ1v) is 6.46. The molecule has 0 amide bonds. The molecule has 0 radical (unpaired) electrons. The van der Waals surface area contributed by atoms with Gasteiger partial charge in [0.2, 0.25) is 0 Å². The molecule has 20 heavy (non-hydrogen) atoms. The van der Waals surface area contributed by atoms with Crippen LogP contribution in [0.25, 0.3) is 0 Å². The number of aliphatic hydroxyl groups is 1. The maximum atomic E-state index is 13.5. The average Bonchev–Trinajstić information content (AvgIpc) is 2.86. The van der Waals surface area contributed by atoms with Crippen LogP contribution in [-0.4, -0.2) is 21.4 Å². The molecule has 1 aromatic carbocycles. The summed E-state index contributed by atoms with van der Waals surface area (Å²) in [5, 5.41) is 17.0. The molecule has 0 aliphatic heterocycles. The zero-order valence-corrected chi connectivity index (χ0v) is 11.2. The maximum Gasteiger partial charge on any atom is 0.131 e. The molecule has 2 rings (SSSR count). The van der Waals surface area contributed by atoms with E-state index in [-0.39, 0.29) is 12.1 Å². The fourth-order valence-electron chi connectivity index (χ4n) is 2.06. The number of hydrogen-bond donors (Lipinski definition) is 2. The van der Waals surface area contributed by atoms with Crippen LogP contribution in [0.4, 0.5) is 8.78 Å². The van der Waals surface area contributed by atoms with Gasteiger partial charge in [0.15, 0.2) is 0 Å². The Balaban J connectivity index is 1.94. The molecule has 0 bridgehead atoms. The van der Waals surface area contributed by atoms with Gasteiger partial charge in [0.25, 0.3) is 0 Å². The van der Waals surface area contributed by atoms with E-state index in [9.17, 15) is 13.9 Å². The van der Waals surface area contributed by atoms with Crippen LogP contribution in [0.5, 0.6) is 0 Å². The third kappa shape index (κ3) is 3.20. The summed E-state index contributed by atoms with van der Waals surface area (Å²) >= 11 is 0. The highest BCUT2D eigenvalue weighted by Crippen LogP contribution is 2.19. The molecule has 1 atom stereocenters. The Morgan fingerprint density at radius 1 is 1.30 bits per heavy atom. The summed E-state index contributed by atoms with van der Waals surface area (Å²) in [4.78, 5) is 0. The van der Waals surface area contributed by atoms with Gasteiger partial charge in [0, 0.05) is 25.8 Å². The summed E-state index contributed by atoms with van der Waals surface area (Å²) < 4.78 is 28.8. The van der Waals surface area contributed by atoms with Crippen molar-refractivity contribution < 1.29 is 13.9 Å². The second-order valence-electron chi connectivity index (χ2n) is 4.42. The minimum atomic E-state index is -1.23. The van der Waals surface area contributed by atoms with Gasteiger partial charge in [-0.25, -0.2) is 8.78 Å². The molecule has 2 aromatic rings. The van der Waals surface area contributed by atoms with E-state index < -0.39 is 17.7 Å². The van der Waals surface area contributed by atoms with E-state index in [1.165, 1.54) is 6.07 Å². The van der Waals surface area contributed by atoms with Crippen molar-refractivity contribution in [3.05, 3.63) is 53.4 Å². The molecule has 108 valence electrons. The highest BCUT2D eigenvalue weighted by Gasteiger charge is 2.17. The molecule has 0 spiro atoms. The number of nitrogens with zero attached hydrogens (tertiary/aromatic N) is 2. The largest absolute Gasteiger partial charge is 0.387 e. The molecule has 1 unspecified atom stereocenters. The first-order valence-electron chi connectivity index (χ1n) is 6.46. The van der Waals surface area contributed by atoms with Gasteiger partial charge in [0.1, 0.15) is 11.6 Å². The van der Waals surface area contributed by atoms with Gasteiger partial charge in [-0.1, -0.05) is 6.07 Å². The van der Waals surface area contributed by atoms with Crippen molar-refractivity contribution in [2.75, 3.05) is 6.54 Å². The van der Waals surface area contributed by atoms with Crippen molar-refractivity contribution in [2.24, 2.45) is 0 Å². The van der Waals surface area contributed by atoms with Crippen molar-refractivity contribution in [3.8, 4) is 0 Å². The van der Waals surface area contributed by atoms with Gasteiger partial charge in [-0.2, -0.15) is 5.10 Å². The van der Waals surface area contributed by atoms with E-state index in [1.807, 2.05) is 17.7 Å². The number of rotatable bonds is 6. The Hall–Kier alpha value is -1.79. The summed E-state index contributed by atoms with van der Waals surface area (Å²) in [6, 6.07) is 5.39. The quantitative estimate of drug-likeness (QED) is 0.851. The van der Waals surface area contributed by atoms with Crippen LogP contribution in [0.1, 0.15) is 24.3 Å². The zero-order chi connectivity index (χ0) is 14.5. The average molecular weight is 281 g/mol. The lowest BCUT2D eigenvalue weighted by atomic mass is 10.1. The molecule has 1 aromatic heterocycles. The number of aromatic nitrogens is 2. The second kappa shape index (κ2) is 6.58. The first-order chi connectivity index (χ1) is 9.63. The number of aliphatic hydroxyl groups excluding tert-OH is 1. The molecule has 0 aliphatic rings. The first kappa shape index (κ1) is 14.6. The molecule has 2 N–H and O–H groups in total. The van der Waals surface area contributed by atoms with E-state index >= 15 is 0 Å². The van der Waals surface area contributed by atoms with Crippen LogP contribution < -0.4 is 5.32 Å². The molecule has 6 heteroatoms. The Morgan fingerprint density at radius 2 is 2.00 bits per heavy atom. The van der Waals surface area contributed by atoms with Gasteiger partial charge in [-0.15, -0.1) is 0 Å². The van der Waals surface area contributed by atoms with Crippen molar-refractivity contribution >= 4 is 0 Å². The van der Waals surface area contributed by atoms with Gasteiger partial charge in [-0.3, -0.25) is 4.68 Å². The molecule has 0 fully saturated rings. The van der Waals surface area contributed by atoms with Crippen molar-refractivity contribution in [3.63, 3.8) is 0 Å². The van der Waals surface area contributed by atoms with E-state index in [0.29, 0.717) is 6.54 Å². The molecule has 4 nitrogen and oxygen atoms in total. The topological polar surface area (TPSA) is 50.1 Å². The maximum absolute atomic E-state index is 13.5. The minimum Gasteiger partial charge on any atom is -0.387 e. The third-order valence-corrected chi connectivity index (χ3v) is 3.08. The molecular weight excluding hydrogens is 264 g/mol. The van der Waals surface area contributed by atoms with E-state index in [2.05, 4.69) is 10.4 Å². The van der Waals surface area contributed by atoms with Gasteiger partial charge in [-0.05, 0) is 25.1 Å². The summed E-state index contributed by atoms with van der Waals surface area (Å²) in [6.45, 7) is 3.25. The lowest BCUT2D eigenvalue weighted by Crippen LogP contribution is -2.23. The van der Waals surface area contributed by atoms with Crippen molar-refractivity contribution in [1.29, 1.82) is 0 Å². The van der Waals surface area contributed by atoms with Crippen LogP contribution in [0.2, 0.25) is 0 Å². The Morgan fingerprint density at radius 3 is 2.65 bits per heavy atom. The van der Waals surface area contributed by atoms with E-state index in [1.54, 1.807) is 6.20 Å². The summed E-state index contributed by atoms with van der Waals surface area (Å²) in [7, 11) is 0. The molecule has 1 heterocycles. The van der Waals surface area contributed by atoms with E-state index in [4.69, 9.17) is 0 Å². The van der Waals surface area contributed by atoms with Gasteiger partial charge >= 0.3 is 0 Å². The smallest absolute Gasteiger partial charge is 0.131 e. The summed E-state index contributed by atoms with van der Waals surface area (Å²) in [6.07, 6.45) is 0.460. The van der Waals surface area contributed by atoms with Gasteiger partial charge in [0.05, 0.1) is 17.4 Å². The Kier molecular flexibility index (Phi) is 4.81. The second-order valence-corrected chi connectivity index (χ2v) is 4.42. The summed E-state index contributed by atoms with van der Waals surface area (Å²) in [5.74, 6) is -1.48. The Labute approximate surface area is 116 Å². The minimum absolute atomic E-state index is 0.0622. The third-order valence-electron chi connectivity index (χ3n) is 3.08. The lowest BCUT2D eigenvalue weighted by Gasteiger charge is -2.14. The number of nitrogens with one attached hydrogen (secondary N) is 1. The molecule has 0 saturated heterocycles. The highest BCUT2D eigenvalue weighted by molar-refractivity contribution is 5.22. The Bertz CT molecular complexity index is 551. The van der Waals surface area contributed by atoms with Gasteiger partial charge < -0.3 is 10.4 Å². The number of aryl methyl sites for hydroxylation is 1. The molecule has 0 saturated carbocycles. The van der Waals surface area contributed by atoms with Crippen molar-refractivity contribution in [1.82, 2.24) is 15.1 Å². The predicted molar refractivity (Wildman–Crippen MR) is 70.9 cm³/mol. The predicted octanol–water partition coefficient (Wildman–Crippen LogP) is 2.00. The van der Waals surface area contributed by atoms with Crippen molar-refractivity contribution in [2.45, 2.75) is 26.1 Å². The highest BCUT2D eigenvalue weighted by atomic mass is 19.1. The van der Waals surface area contributed by atoms with Crippen LogP contribution in [0.3, 0.4) is 0 Å². The number of benzene rings is 1. The number of halogens is 2. The van der Waals surface area contributed by atoms with Crippen LogP contribution in [0, 0.1) is 11.6 Å². The molecule has 0 aliphatic carbocycles. The summed E-state index contributed by atoms with van der Waals surface area (Å²) in [5.41, 5.74) is 0.651. The molecular formula is C14H17F2N3O. The van der Waals surface area contributed by atoms with Crippen LogP contribution in [0.15, 0.2) is 30.5 Å². The fraction of sp³-hybridized carbons (Fsp3) is 0.357. The fourth-order valence-corrected chi connectivity index (χ4v) is 2.06. The lowest BCUT2D eigenvalue weighted by molar-refractivity contribution is 0.164.